The zero-order valence-electron chi connectivity index (χ0n) is 8.47. The summed E-state index contributed by atoms with van der Waals surface area (Å²) in [7, 11) is 0. The highest BCUT2D eigenvalue weighted by molar-refractivity contribution is 9.10. The lowest BCUT2D eigenvalue weighted by molar-refractivity contribution is 0.522. The van der Waals surface area contributed by atoms with Gasteiger partial charge >= 0.3 is 0 Å². The largest absolute Gasteiger partial charge is 0.235 e. The minimum atomic E-state index is -0.504. The number of rotatable bonds is 2. The lowest BCUT2D eigenvalue weighted by Crippen LogP contribution is -2.13. The number of nitrogens with zero attached hydrogens (tertiary/aromatic N) is 1. The van der Waals surface area contributed by atoms with Gasteiger partial charge in [-0.05, 0) is 44.0 Å². The molecule has 0 saturated carbocycles. The Morgan fingerprint density at radius 3 is 2.50 bits per heavy atom. The second-order valence-corrected chi connectivity index (χ2v) is 4.70. The monoisotopic (exact) mass is 253 g/mol. The number of halogens is 1. The van der Waals surface area contributed by atoms with Crippen molar-refractivity contribution in [1.82, 2.24) is 0 Å². The highest BCUT2D eigenvalue weighted by atomic mass is 79.9. The van der Waals surface area contributed by atoms with Crippen LogP contribution in [0.2, 0.25) is 0 Å². The van der Waals surface area contributed by atoms with Crippen LogP contribution in [-0.4, -0.2) is 6.08 Å². The Balaban J connectivity index is 3.24. The number of isocyanates is 1. The van der Waals surface area contributed by atoms with E-state index in [-0.39, 0.29) is 0 Å². The molecule has 0 amide bonds. The summed E-state index contributed by atoms with van der Waals surface area (Å²) >= 11 is 3.42. The van der Waals surface area contributed by atoms with E-state index in [4.69, 9.17) is 0 Å². The molecule has 0 aliphatic carbocycles. The molecule has 74 valence electrons. The lowest BCUT2D eigenvalue weighted by atomic mass is 9.94. The summed E-state index contributed by atoms with van der Waals surface area (Å²) in [6.07, 6.45) is 1.61. The van der Waals surface area contributed by atoms with Gasteiger partial charge in [-0.2, -0.15) is 4.99 Å². The SMILES string of the molecule is Cc1cc(Br)cc(C(C)(C)N=C=O)c1. The van der Waals surface area contributed by atoms with E-state index in [2.05, 4.69) is 20.9 Å². The van der Waals surface area contributed by atoms with Gasteiger partial charge in [0.1, 0.15) is 0 Å². The number of carbonyl (C=O) groups excluding carboxylic acids is 1. The summed E-state index contributed by atoms with van der Waals surface area (Å²) in [6.45, 7) is 5.78. The predicted octanol–water partition coefficient (Wildman–Crippen LogP) is 3.33. The first-order chi connectivity index (χ1) is 6.45. The van der Waals surface area contributed by atoms with E-state index in [1.54, 1.807) is 6.08 Å². The van der Waals surface area contributed by atoms with Crippen LogP contribution in [-0.2, 0) is 10.3 Å². The molecule has 0 aliphatic heterocycles. The molecule has 0 spiro atoms. The van der Waals surface area contributed by atoms with E-state index in [0.29, 0.717) is 0 Å². The molecule has 1 aromatic carbocycles. The standard InChI is InChI=1S/C11H12BrNO/c1-8-4-9(6-10(12)5-8)11(2,3)13-7-14/h4-6H,1-3H3. The van der Waals surface area contributed by atoms with Gasteiger partial charge < -0.3 is 0 Å². The summed E-state index contributed by atoms with van der Waals surface area (Å²) in [6, 6.07) is 6.00. The van der Waals surface area contributed by atoms with Gasteiger partial charge in [-0.1, -0.05) is 22.0 Å². The molecule has 0 radical (unpaired) electrons. The Hall–Kier alpha value is -0.920. The molecule has 3 heteroatoms. The van der Waals surface area contributed by atoms with Crippen molar-refractivity contribution in [2.75, 3.05) is 0 Å². The van der Waals surface area contributed by atoms with Crippen molar-refractivity contribution in [3.8, 4) is 0 Å². The molecule has 14 heavy (non-hydrogen) atoms. The smallest absolute Gasteiger partial charge is 0.211 e. The van der Waals surface area contributed by atoms with Crippen molar-refractivity contribution in [3.63, 3.8) is 0 Å². The van der Waals surface area contributed by atoms with Crippen molar-refractivity contribution in [2.24, 2.45) is 4.99 Å². The molecule has 2 nitrogen and oxygen atoms in total. The molecule has 0 bridgehead atoms. The van der Waals surface area contributed by atoms with Crippen LogP contribution in [0.5, 0.6) is 0 Å². The van der Waals surface area contributed by atoms with Crippen LogP contribution < -0.4 is 0 Å². The second-order valence-electron chi connectivity index (χ2n) is 3.78. The van der Waals surface area contributed by atoms with E-state index >= 15 is 0 Å². The van der Waals surface area contributed by atoms with E-state index in [9.17, 15) is 4.79 Å². The Bertz CT molecular complexity index is 372. The van der Waals surface area contributed by atoms with Crippen LogP contribution in [0.3, 0.4) is 0 Å². The lowest BCUT2D eigenvalue weighted by Gasteiger charge is -2.18. The van der Waals surface area contributed by atoms with Crippen molar-refractivity contribution >= 4 is 22.0 Å². The molecule has 1 rings (SSSR count). The summed E-state index contributed by atoms with van der Waals surface area (Å²) in [5, 5.41) is 0. The highest BCUT2D eigenvalue weighted by Gasteiger charge is 2.19. The summed E-state index contributed by atoms with van der Waals surface area (Å²) in [4.78, 5) is 14.0. The maximum Gasteiger partial charge on any atom is 0.235 e. The molecule has 0 aromatic heterocycles. The fraction of sp³-hybridized carbons (Fsp3) is 0.364. The van der Waals surface area contributed by atoms with Crippen LogP contribution in [0, 0.1) is 6.92 Å². The van der Waals surface area contributed by atoms with Gasteiger partial charge in [-0.15, -0.1) is 0 Å². The van der Waals surface area contributed by atoms with Gasteiger partial charge in [-0.25, -0.2) is 4.79 Å². The quantitative estimate of drug-likeness (QED) is 0.588. The van der Waals surface area contributed by atoms with Crippen molar-refractivity contribution in [2.45, 2.75) is 26.3 Å². The van der Waals surface area contributed by atoms with Crippen LogP contribution in [0.1, 0.15) is 25.0 Å². The minimum absolute atomic E-state index is 0.504. The number of aliphatic imine (C=N–C) groups is 1. The third-order valence-corrected chi connectivity index (χ3v) is 2.53. The van der Waals surface area contributed by atoms with Gasteiger partial charge in [-0.3, -0.25) is 0 Å². The fourth-order valence-corrected chi connectivity index (χ4v) is 1.88. The predicted molar refractivity (Wildman–Crippen MR) is 60.0 cm³/mol. The number of aryl methyl sites for hydroxylation is 1. The van der Waals surface area contributed by atoms with Crippen molar-refractivity contribution in [1.29, 1.82) is 0 Å². The molecule has 1 aromatic rings. The number of hydrogen-bond donors (Lipinski definition) is 0. The number of hydrogen-bond acceptors (Lipinski definition) is 2. The average Bonchev–Trinajstić information content (AvgIpc) is 2.02. The second kappa shape index (κ2) is 4.07. The zero-order chi connectivity index (χ0) is 10.8. The molecule has 0 fully saturated rings. The third kappa shape index (κ3) is 2.53. The molecule has 0 unspecified atom stereocenters. The Labute approximate surface area is 92.2 Å². The molecule has 0 aliphatic rings. The summed E-state index contributed by atoms with van der Waals surface area (Å²) < 4.78 is 1.00. The van der Waals surface area contributed by atoms with Crippen LogP contribution in [0.4, 0.5) is 0 Å². The molecular weight excluding hydrogens is 242 g/mol. The van der Waals surface area contributed by atoms with Gasteiger partial charge in [0.15, 0.2) is 0 Å². The minimum Gasteiger partial charge on any atom is -0.211 e. The van der Waals surface area contributed by atoms with Crippen molar-refractivity contribution < 1.29 is 4.79 Å². The van der Waals surface area contributed by atoms with E-state index < -0.39 is 5.54 Å². The molecular formula is C11H12BrNO. The molecule has 0 N–H and O–H groups in total. The highest BCUT2D eigenvalue weighted by Crippen LogP contribution is 2.27. The third-order valence-electron chi connectivity index (χ3n) is 2.07. The van der Waals surface area contributed by atoms with E-state index in [1.165, 1.54) is 0 Å². The summed E-state index contributed by atoms with van der Waals surface area (Å²) in [5.41, 5.74) is 1.65. The van der Waals surface area contributed by atoms with Gasteiger partial charge in [0, 0.05) is 4.47 Å². The van der Waals surface area contributed by atoms with Gasteiger partial charge in [0.05, 0.1) is 5.54 Å². The van der Waals surface area contributed by atoms with Gasteiger partial charge in [0.2, 0.25) is 6.08 Å². The van der Waals surface area contributed by atoms with Crippen LogP contribution >= 0.6 is 15.9 Å². The maximum absolute atomic E-state index is 10.3. The van der Waals surface area contributed by atoms with Crippen LogP contribution in [0.15, 0.2) is 27.7 Å². The van der Waals surface area contributed by atoms with E-state index in [0.717, 1.165) is 15.6 Å². The average molecular weight is 254 g/mol. The first kappa shape index (κ1) is 11.2. The van der Waals surface area contributed by atoms with Crippen molar-refractivity contribution in [3.05, 3.63) is 33.8 Å². The molecule has 0 heterocycles. The van der Waals surface area contributed by atoms with E-state index in [1.807, 2.05) is 39.0 Å². The normalized spacial score (nSPS) is 10.9. The summed E-state index contributed by atoms with van der Waals surface area (Å²) in [5.74, 6) is 0. The fourth-order valence-electron chi connectivity index (χ4n) is 1.27. The Kier molecular flexibility index (Phi) is 3.25. The zero-order valence-corrected chi connectivity index (χ0v) is 10.1. The number of benzene rings is 1. The van der Waals surface area contributed by atoms with Gasteiger partial charge in [0.25, 0.3) is 0 Å². The van der Waals surface area contributed by atoms with Crippen LogP contribution in [0.25, 0.3) is 0 Å². The Morgan fingerprint density at radius 1 is 1.36 bits per heavy atom. The first-order valence-corrected chi connectivity index (χ1v) is 5.12. The first-order valence-electron chi connectivity index (χ1n) is 4.32. The molecule has 0 saturated heterocycles. The molecule has 0 atom stereocenters. The topological polar surface area (TPSA) is 29.4 Å². The Morgan fingerprint density at radius 2 is 2.00 bits per heavy atom. The maximum atomic E-state index is 10.3.